The monoisotopic (exact) mass is 232 g/mol. The maximum atomic E-state index is 4.45. The van der Waals surface area contributed by atoms with E-state index < -0.39 is 0 Å². The highest BCUT2D eigenvalue weighted by molar-refractivity contribution is 7.11. The number of hydrogen-bond donors (Lipinski definition) is 1. The molecule has 1 atom stereocenters. The summed E-state index contributed by atoms with van der Waals surface area (Å²) in [5.74, 6) is 0. The summed E-state index contributed by atoms with van der Waals surface area (Å²) in [5, 5.41) is 4.62. The zero-order valence-corrected chi connectivity index (χ0v) is 10.6. The number of benzene rings is 1. The molecule has 0 aliphatic carbocycles. The van der Waals surface area contributed by atoms with Crippen molar-refractivity contribution in [2.45, 2.75) is 26.8 Å². The van der Waals surface area contributed by atoms with Crippen LogP contribution in [-0.2, 0) is 0 Å². The van der Waals surface area contributed by atoms with Gasteiger partial charge in [-0.1, -0.05) is 18.2 Å². The van der Waals surface area contributed by atoms with Crippen LogP contribution in [0.3, 0.4) is 0 Å². The van der Waals surface area contributed by atoms with Gasteiger partial charge in [-0.2, -0.15) is 0 Å². The first-order valence-corrected chi connectivity index (χ1v) is 6.24. The van der Waals surface area contributed by atoms with Gasteiger partial charge in [0.05, 0.1) is 16.7 Å². The van der Waals surface area contributed by atoms with Crippen molar-refractivity contribution in [3.05, 3.63) is 45.9 Å². The Bertz CT molecular complexity index is 462. The third-order valence-corrected chi connectivity index (χ3v) is 3.75. The van der Waals surface area contributed by atoms with Gasteiger partial charge in [0.25, 0.3) is 0 Å². The van der Waals surface area contributed by atoms with Crippen molar-refractivity contribution < 1.29 is 0 Å². The van der Waals surface area contributed by atoms with E-state index in [1.807, 2.05) is 18.2 Å². The summed E-state index contributed by atoms with van der Waals surface area (Å²) in [4.78, 5) is 5.77. The Labute approximate surface area is 100 Å². The maximum absolute atomic E-state index is 4.45. The third-order valence-electron chi connectivity index (χ3n) is 2.49. The van der Waals surface area contributed by atoms with Crippen molar-refractivity contribution in [2.75, 3.05) is 5.32 Å². The second kappa shape index (κ2) is 4.66. The molecule has 16 heavy (non-hydrogen) atoms. The lowest BCUT2D eigenvalue weighted by atomic mass is 10.2. The quantitative estimate of drug-likeness (QED) is 0.867. The van der Waals surface area contributed by atoms with E-state index in [1.54, 1.807) is 11.3 Å². The van der Waals surface area contributed by atoms with Crippen LogP contribution < -0.4 is 5.32 Å². The fourth-order valence-corrected chi connectivity index (χ4v) is 2.73. The SMILES string of the molecule is Cc1nc(C)c(C(C)Nc2ccccc2)s1. The second-order valence-corrected chi connectivity index (χ2v) is 5.15. The van der Waals surface area contributed by atoms with Gasteiger partial charge in [-0.25, -0.2) is 4.98 Å². The predicted molar refractivity (Wildman–Crippen MR) is 70.1 cm³/mol. The van der Waals surface area contributed by atoms with Gasteiger partial charge in [-0.15, -0.1) is 11.3 Å². The molecule has 1 heterocycles. The number of aromatic nitrogens is 1. The molecule has 0 saturated carbocycles. The van der Waals surface area contributed by atoms with E-state index in [1.165, 1.54) is 4.88 Å². The summed E-state index contributed by atoms with van der Waals surface area (Å²) in [6.07, 6.45) is 0. The van der Waals surface area contributed by atoms with E-state index in [0.29, 0.717) is 6.04 Å². The summed E-state index contributed by atoms with van der Waals surface area (Å²) in [5.41, 5.74) is 2.29. The van der Waals surface area contributed by atoms with E-state index in [0.717, 1.165) is 16.4 Å². The summed E-state index contributed by atoms with van der Waals surface area (Å²) < 4.78 is 0. The molecule has 0 fully saturated rings. The third kappa shape index (κ3) is 2.42. The van der Waals surface area contributed by atoms with Gasteiger partial charge in [-0.05, 0) is 32.9 Å². The van der Waals surface area contributed by atoms with Crippen LogP contribution in [0.25, 0.3) is 0 Å². The molecule has 2 aromatic rings. The van der Waals surface area contributed by atoms with Crippen LogP contribution in [0.2, 0.25) is 0 Å². The Balaban J connectivity index is 2.14. The van der Waals surface area contributed by atoms with Gasteiger partial charge < -0.3 is 5.32 Å². The molecule has 0 saturated heterocycles. The van der Waals surface area contributed by atoms with E-state index in [4.69, 9.17) is 0 Å². The van der Waals surface area contributed by atoms with E-state index in [-0.39, 0.29) is 0 Å². The standard InChI is InChI=1S/C13H16N2S/c1-9-13(16-11(3)14-9)10(2)15-12-7-5-4-6-8-12/h4-8,10,15H,1-3H3. The average molecular weight is 232 g/mol. The minimum atomic E-state index is 0.314. The Morgan fingerprint density at radius 3 is 2.44 bits per heavy atom. The number of nitrogens with zero attached hydrogens (tertiary/aromatic N) is 1. The van der Waals surface area contributed by atoms with E-state index in [9.17, 15) is 0 Å². The highest BCUT2D eigenvalue weighted by Crippen LogP contribution is 2.27. The second-order valence-electron chi connectivity index (χ2n) is 3.91. The minimum Gasteiger partial charge on any atom is -0.378 e. The van der Waals surface area contributed by atoms with Gasteiger partial charge in [0, 0.05) is 10.6 Å². The minimum absolute atomic E-state index is 0.314. The first kappa shape index (κ1) is 11.1. The van der Waals surface area contributed by atoms with E-state index in [2.05, 4.69) is 43.2 Å². The van der Waals surface area contributed by atoms with Crippen molar-refractivity contribution in [3.8, 4) is 0 Å². The van der Waals surface area contributed by atoms with Crippen molar-refractivity contribution in [1.82, 2.24) is 4.98 Å². The average Bonchev–Trinajstić information content (AvgIpc) is 2.59. The zero-order chi connectivity index (χ0) is 11.5. The number of nitrogens with one attached hydrogen (secondary N) is 1. The van der Waals surface area contributed by atoms with Gasteiger partial charge in [0.1, 0.15) is 0 Å². The van der Waals surface area contributed by atoms with Crippen LogP contribution in [0.15, 0.2) is 30.3 Å². The smallest absolute Gasteiger partial charge is 0.0900 e. The molecule has 0 aliphatic heterocycles. The Morgan fingerprint density at radius 2 is 1.88 bits per heavy atom. The lowest BCUT2D eigenvalue weighted by Gasteiger charge is -2.14. The molecule has 0 radical (unpaired) electrons. The molecule has 3 heteroatoms. The molecule has 2 nitrogen and oxygen atoms in total. The van der Waals surface area contributed by atoms with Crippen LogP contribution >= 0.6 is 11.3 Å². The number of anilines is 1. The zero-order valence-electron chi connectivity index (χ0n) is 9.82. The summed E-state index contributed by atoms with van der Waals surface area (Å²) >= 11 is 1.77. The van der Waals surface area contributed by atoms with E-state index >= 15 is 0 Å². The number of thiazole rings is 1. The van der Waals surface area contributed by atoms with Crippen LogP contribution in [0.1, 0.15) is 28.5 Å². The fourth-order valence-electron chi connectivity index (χ4n) is 1.80. The van der Waals surface area contributed by atoms with Crippen LogP contribution in [-0.4, -0.2) is 4.98 Å². The van der Waals surface area contributed by atoms with Crippen LogP contribution in [0, 0.1) is 13.8 Å². The number of hydrogen-bond acceptors (Lipinski definition) is 3. The molecular weight excluding hydrogens is 216 g/mol. The Morgan fingerprint density at radius 1 is 1.19 bits per heavy atom. The Hall–Kier alpha value is -1.35. The molecule has 84 valence electrons. The first-order valence-electron chi connectivity index (χ1n) is 5.42. The van der Waals surface area contributed by atoms with Crippen molar-refractivity contribution in [3.63, 3.8) is 0 Å². The largest absolute Gasteiger partial charge is 0.378 e. The van der Waals surface area contributed by atoms with Gasteiger partial charge in [0.15, 0.2) is 0 Å². The molecule has 2 rings (SSSR count). The fraction of sp³-hybridized carbons (Fsp3) is 0.308. The topological polar surface area (TPSA) is 24.9 Å². The van der Waals surface area contributed by atoms with Crippen molar-refractivity contribution in [1.29, 1.82) is 0 Å². The normalized spacial score (nSPS) is 12.4. The summed E-state index contributed by atoms with van der Waals surface area (Å²) in [6.45, 7) is 6.30. The van der Waals surface area contributed by atoms with Gasteiger partial charge in [-0.3, -0.25) is 0 Å². The number of rotatable bonds is 3. The lowest BCUT2D eigenvalue weighted by molar-refractivity contribution is 0.890. The van der Waals surface area contributed by atoms with Gasteiger partial charge >= 0.3 is 0 Å². The Kier molecular flexibility index (Phi) is 3.25. The van der Waals surface area contributed by atoms with Crippen LogP contribution in [0.4, 0.5) is 5.69 Å². The summed E-state index contributed by atoms with van der Waals surface area (Å²) in [7, 11) is 0. The molecule has 0 aliphatic rings. The first-order chi connectivity index (χ1) is 7.66. The maximum Gasteiger partial charge on any atom is 0.0900 e. The lowest BCUT2D eigenvalue weighted by Crippen LogP contribution is -2.05. The number of para-hydroxylation sites is 1. The van der Waals surface area contributed by atoms with Crippen molar-refractivity contribution >= 4 is 17.0 Å². The molecule has 1 aromatic carbocycles. The molecule has 0 spiro atoms. The molecule has 0 amide bonds. The number of aryl methyl sites for hydroxylation is 2. The van der Waals surface area contributed by atoms with Gasteiger partial charge in [0.2, 0.25) is 0 Å². The molecule has 0 bridgehead atoms. The molecule has 1 unspecified atom stereocenters. The highest BCUT2D eigenvalue weighted by atomic mass is 32.1. The molecule has 1 aromatic heterocycles. The molecular formula is C13H16N2S. The van der Waals surface area contributed by atoms with Crippen molar-refractivity contribution in [2.24, 2.45) is 0 Å². The highest BCUT2D eigenvalue weighted by Gasteiger charge is 2.12. The molecule has 1 N–H and O–H groups in total. The van der Waals surface area contributed by atoms with Crippen LogP contribution in [0.5, 0.6) is 0 Å². The predicted octanol–water partition coefficient (Wildman–Crippen LogP) is 3.93. The summed E-state index contributed by atoms with van der Waals surface area (Å²) in [6, 6.07) is 10.6.